The first kappa shape index (κ1) is 36.1. The average molecular weight is 783 g/mol. The van der Waals surface area contributed by atoms with E-state index in [0.717, 1.165) is 40.2 Å². The van der Waals surface area contributed by atoms with Gasteiger partial charge in [0.15, 0.2) is 0 Å². The van der Waals surface area contributed by atoms with Gasteiger partial charge in [-0.2, -0.15) is 10.2 Å². The van der Waals surface area contributed by atoms with E-state index in [1.54, 1.807) is 67.9 Å². The van der Waals surface area contributed by atoms with Crippen LogP contribution in [0.4, 0.5) is 4.39 Å². The van der Waals surface area contributed by atoms with Crippen LogP contribution in [-0.2, 0) is 35.2 Å². The van der Waals surface area contributed by atoms with Gasteiger partial charge in [-0.3, -0.25) is 23.3 Å². The number of carboxylic acids is 1. The Hall–Kier alpha value is -6.28. The van der Waals surface area contributed by atoms with Gasteiger partial charge in [0.2, 0.25) is 0 Å². The number of aromatic nitrogens is 7. The third kappa shape index (κ3) is 5.41. The zero-order valence-corrected chi connectivity index (χ0v) is 32.8. The summed E-state index contributed by atoms with van der Waals surface area (Å²) in [5.74, 6) is -1.41. The Kier molecular flexibility index (Phi) is 8.17. The van der Waals surface area contributed by atoms with Gasteiger partial charge in [0.25, 0.3) is 5.91 Å². The summed E-state index contributed by atoms with van der Waals surface area (Å²) >= 11 is 0. The number of hydrogen-bond acceptors (Lipinski definition) is 6. The van der Waals surface area contributed by atoms with Crippen molar-refractivity contribution >= 4 is 33.7 Å². The number of aryl methyl sites for hydroxylation is 3. The minimum Gasteiger partial charge on any atom is -0.479 e. The number of hydrogen-bond donors (Lipinski definition) is 1. The van der Waals surface area contributed by atoms with Crippen LogP contribution in [0, 0.1) is 25.6 Å². The Labute approximate surface area is 332 Å². The molecule has 0 radical (unpaired) electrons. The second kappa shape index (κ2) is 13.1. The Balaban J connectivity index is 1.09. The van der Waals surface area contributed by atoms with Gasteiger partial charge < -0.3 is 19.3 Å². The number of ether oxygens (including phenoxy) is 1. The van der Waals surface area contributed by atoms with Gasteiger partial charge in [-0.25, -0.2) is 14.0 Å². The molecule has 0 bridgehead atoms. The van der Waals surface area contributed by atoms with Crippen LogP contribution < -0.4 is 5.69 Å². The maximum atomic E-state index is 15.0. The molecular weight excluding hydrogens is 740 g/mol. The van der Waals surface area contributed by atoms with Crippen molar-refractivity contribution in [1.82, 2.24) is 38.2 Å². The molecule has 1 saturated carbocycles. The van der Waals surface area contributed by atoms with Gasteiger partial charge in [0.05, 0.1) is 36.2 Å². The van der Waals surface area contributed by atoms with Crippen LogP contribution in [0.25, 0.3) is 44.4 Å². The zero-order chi connectivity index (χ0) is 40.2. The molecule has 2 fully saturated rings. The summed E-state index contributed by atoms with van der Waals surface area (Å²) in [7, 11) is 1.86. The van der Waals surface area contributed by atoms with E-state index in [-0.39, 0.29) is 29.9 Å². The smallest absolute Gasteiger partial charge is 0.337 e. The fraction of sp³-hybridized carbons (Fsp3) is 0.341. The van der Waals surface area contributed by atoms with Crippen molar-refractivity contribution in [2.75, 3.05) is 19.8 Å². The predicted octanol–water partition coefficient (Wildman–Crippen LogP) is 6.46. The number of aliphatic carboxylic acids is 1. The first-order chi connectivity index (χ1) is 27.9. The van der Waals surface area contributed by atoms with Crippen LogP contribution in [0.3, 0.4) is 0 Å². The highest BCUT2D eigenvalue weighted by atomic mass is 19.1. The van der Waals surface area contributed by atoms with Gasteiger partial charge in [-0.1, -0.05) is 13.0 Å². The summed E-state index contributed by atoms with van der Waals surface area (Å²) < 4.78 is 29.0. The van der Waals surface area contributed by atoms with Crippen molar-refractivity contribution in [3.8, 4) is 22.6 Å². The summed E-state index contributed by atoms with van der Waals surface area (Å²) in [6.07, 6.45) is 7.38. The number of nitrogens with zero attached hydrogens (tertiary/aromatic N) is 8. The number of amides is 1. The van der Waals surface area contributed by atoms with E-state index >= 15 is 0 Å². The molecule has 1 aliphatic carbocycles. The summed E-state index contributed by atoms with van der Waals surface area (Å²) in [6, 6.07) is 17.2. The molecule has 0 spiro atoms. The fourth-order valence-corrected chi connectivity index (χ4v) is 9.43. The largest absolute Gasteiger partial charge is 0.479 e. The lowest BCUT2D eigenvalue weighted by Crippen LogP contribution is -2.41. The summed E-state index contributed by atoms with van der Waals surface area (Å²) in [4.78, 5) is 44.2. The molecule has 10 rings (SSSR count). The van der Waals surface area contributed by atoms with E-state index in [9.17, 15) is 23.9 Å². The Morgan fingerprint density at radius 2 is 1.66 bits per heavy atom. The second-order valence-electron chi connectivity index (χ2n) is 16.3. The third-order valence-corrected chi connectivity index (χ3v) is 12.8. The molecule has 3 aromatic carbocycles. The average Bonchev–Trinajstić information content (AvgIpc) is 3.64. The first-order valence-corrected chi connectivity index (χ1v) is 19.8. The van der Waals surface area contributed by atoms with E-state index in [1.165, 1.54) is 0 Å². The van der Waals surface area contributed by atoms with Gasteiger partial charge in [-0.15, -0.1) is 0 Å². The molecule has 2 atom stereocenters. The summed E-state index contributed by atoms with van der Waals surface area (Å²) in [5, 5.41) is 21.7. The molecule has 2 aliphatic heterocycles. The topological polar surface area (TPSA) is 134 Å². The van der Waals surface area contributed by atoms with Crippen LogP contribution in [0.5, 0.6) is 0 Å². The number of carbonyl (C=O) groups is 2. The van der Waals surface area contributed by atoms with Crippen LogP contribution in [0.1, 0.15) is 65.0 Å². The highest BCUT2D eigenvalue weighted by Gasteiger charge is 2.61. The summed E-state index contributed by atoms with van der Waals surface area (Å²) in [6.45, 7) is 7.44. The second-order valence-corrected chi connectivity index (χ2v) is 16.3. The number of benzene rings is 3. The Morgan fingerprint density at radius 3 is 2.38 bits per heavy atom. The van der Waals surface area contributed by atoms with Crippen LogP contribution >= 0.6 is 0 Å². The molecule has 1 N–H and O–H groups in total. The number of carbonyl (C=O) groups excluding carboxylic acids is 1. The van der Waals surface area contributed by atoms with Gasteiger partial charge in [0.1, 0.15) is 28.4 Å². The van der Waals surface area contributed by atoms with E-state index < -0.39 is 11.5 Å². The minimum atomic E-state index is -1.24. The van der Waals surface area contributed by atoms with E-state index in [4.69, 9.17) is 9.84 Å². The van der Waals surface area contributed by atoms with E-state index in [0.29, 0.717) is 83.8 Å². The van der Waals surface area contributed by atoms with Crippen LogP contribution in [-0.4, -0.2) is 74.9 Å². The molecule has 296 valence electrons. The maximum Gasteiger partial charge on any atom is 0.337 e. The molecule has 3 aliphatic rings. The van der Waals surface area contributed by atoms with Crippen molar-refractivity contribution in [2.45, 2.75) is 64.6 Å². The molecule has 6 heterocycles. The Morgan fingerprint density at radius 1 is 0.931 bits per heavy atom. The molecule has 14 heteroatoms. The SMILES string of the molecule is Cc1cc(-c2nn3c(c2-n2ccn(-c4ccc5c(cnn5C)c4)c2=O)CN(C(=O)c2cc4cc(C5CCOCC5)ccc4n2C2(C(=O)O)CC2C)CC3)cc(C)c1F. The van der Waals surface area contributed by atoms with Gasteiger partial charge in [0, 0.05) is 61.1 Å². The molecule has 4 aromatic heterocycles. The number of imidazole rings is 1. The number of carboxylic acid groups (broad SMARTS) is 1. The highest BCUT2D eigenvalue weighted by molar-refractivity contribution is 6.01. The molecule has 2 unspecified atom stereocenters. The zero-order valence-electron chi connectivity index (χ0n) is 32.8. The minimum absolute atomic E-state index is 0.101. The van der Waals surface area contributed by atoms with Crippen molar-refractivity contribution in [3.63, 3.8) is 0 Å². The van der Waals surface area contributed by atoms with Crippen molar-refractivity contribution in [1.29, 1.82) is 0 Å². The molecule has 1 saturated heterocycles. The van der Waals surface area contributed by atoms with Crippen LogP contribution in [0.2, 0.25) is 0 Å². The van der Waals surface area contributed by atoms with Crippen molar-refractivity contribution in [3.05, 3.63) is 118 Å². The molecular formula is C44H43FN8O5. The highest BCUT2D eigenvalue weighted by Crippen LogP contribution is 2.53. The number of fused-ring (bicyclic) bond motifs is 3. The van der Waals surface area contributed by atoms with E-state index in [1.807, 2.05) is 49.0 Å². The number of halogens is 1. The molecule has 13 nitrogen and oxygen atoms in total. The van der Waals surface area contributed by atoms with Crippen LogP contribution in [0.15, 0.2) is 78.0 Å². The lowest BCUT2D eigenvalue weighted by atomic mass is 9.91. The molecule has 58 heavy (non-hydrogen) atoms. The molecule has 1 amide bonds. The maximum absolute atomic E-state index is 15.0. The lowest BCUT2D eigenvalue weighted by Gasteiger charge is -2.29. The lowest BCUT2D eigenvalue weighted by molar-refractivity contribution is -0.142. The first-order valence-electron chi connectivity index (χ1n) is 19.8. The van der Waals surface area contributed by atoms with Crippen molar-refractivity contribution < 1.29 is 23.8 Å². The monoisotopic (exact) mass is 782 g/mol. The molecule has 7 aromatic rings. The summed E-state index contributed by atoms with van der Waals surface area (Å²) in [5.41, 5.74) is 5.37. The standard InChI is InChI=1S/C44H43FN8O5/c1-25-17-31(18-26(2)38(25)45)39-40(51-13-12-50(43(51)57)33-6-8-34-32(20-33)23-46-48(34)4)37-24-49(11-14-52(37)47-39)41(54)36-21-30-19-29(28-9-15-58-16-10-28)5-7-35(30)53(36)44(42(55)56)22-27(44)3/h5-8,12-13,17-21,23,27-28H,9-11,14-16,22,24H2,1-4H3,(H,55,56). The quantitative estimate of drug-likeness (QED) is 0.196. The fourth-order valence-electron chi connectivity index (χ4n) is 9.43. The third-order valence-electron chi connectivity index (χ3n) is 12.8. The van der Waals surface area contributed by atoms with E-state index in [2.05, 4.69) is 17.2 Å². The van der Waals surface area contributed by atoms with Gasteiger partial charge >= 0.3 is 11.7 Å². The normalized spacial score (nSPS) is 19.6. The number of rotatable bonds is 7. The predicted molar refractivity (Wildman–Crippen MR) is 215 cm³/mol. The Bertz CT molecular complexity index is 2880. The van der Waals surface area contributed by atoms with Gasteiger partial charge in [-0.05, 0) is 110 Å². The van der Waals surface area contributed by atoms with Crippen molar-refractivity contribution in [2.24, 2.45) is 13.0 Å².